The van der Waals surface area contributed by atoms with Crippen LogP contribution < -0.4 is 19.9 Å². The van der Waals surface area contributed by atoms with E-state index in [9.17, 15) is 5.26 Å². The highest BCUT2D eigenvalue weighted by molar-refractivity contribution is 5.94. The molecule has 1 unspecified atom stereocenters. The van der Waals surface area contributed by atoms with Crippen LogP contribution >= 0.6 is 12.4 Å². The lowest BCUT2D eigenvalue weighted by Crippen LogP contribution is -2.45. The molecule has 0 spiro atoms. The Morgan fingerprint density at radius 2 is 1.84 bits per heavy atom. The number of rotatable bonds is 5. The smallest absolute Gasteiger partial charge is 0.234 e. The number of nitriles is 1. The summed E-state index contributed by atoms with van der Waals surface area (Å²) in [4.78, 5) is 12.2. The molecule has 0 saturated carbocycles. The molecular weight excluding hydrogens is 484 g/mol. The fraction of sp³-hybridized carbons (Fsp3) is 0.448. The van der Waals surface area contributed by atoms with E-state index in [0.717, 1.165) is 63.5 Å². The fourth-order valence-corrected chi connectivity index (χ4v) is 6.00. The van der Waals surface area contributed by atoms with Gasteiger partial charge in [-0.1, -0.05) is 36.4 Å². The molecule has 3 aliphatic heterocycles. The molecule has 2 fully saturated rings. The van der Waals surface area contributed by atoms with E-state index in [-0.39, 0.29) is 12.4 Å². The zero-order valence-electron chi connectivity index (χ0n) is 21.4. The average Bonchev–Trinajstić information content (AvgIpc) is 3.35. The molecule has 0 aliphatic carbocycles. The van der Waals surface area contributed by atoms with Crippen molar-refractivity contribution in [3.05, 3.63) is 59.2 Å². The number of nitrogens with one attached hydrogen (secondary N) is 1. The molecule has 2 saturated heterocycles. The molecule has 1 atom stereocenters. The Hall–Kier alpha value is -3.05. The molecule has 3 aromatic rings. The van der Waals surface area contributed by atoms with Crippen molar-refractivity contribution in [2.24, 2.45) is 0 Å². The maximum absolute atomic E-state index is 10.3. The van der Waals surface area contributed by atoms with Crippen LogP contribution in [0.2, 0.25) is 0 Å². The molecule has 4 heterocycles. The summed E-state index contributed by atoms with van der Waals surface area (Å²) in [5, 5.41) is 16.3. The van der Waals surface area contributed by atoms with Crippen LogP contribution in [0.1, 0.15) is 29.5 Å². The van der Waals surface area contributed by atoms with Crippen LogP contribution in [0.3, 0.4) is 0 Å². The van der Waals surface area contributed by atoms with Crippen LogP contribution in [-0.4, -0.2) is 68.8 Å². The van der Waals surface area contributed by atoms with Gasteiger partial charge in [0.05, 0.1) is 0 Å². The Kier molecular flexibility index (Phi) is 7.71. The van der Waals surface area contributed by atoms with Gasteiger partial charge >= 0.3 is 0 Å². The molecule has 194 valence electrons. The van der Waals surface area contributed by atoms with Crippen molar-refractivity contribution in [1.29, 1.82) is 5.26 Å². The minimum Gasteiger partial charge on any atom is -0.475 e. The number of benzene rings is 2. The van der Waals surface area contributed by atoms with Crippen molar-refractivity contribution in [1.82, 2.24) is 15.2 Å². The summed E-state index contributed by atoms with van der Waals surface area (Å²) in [5.41, 5.74) is 4.12. The molecule has 0 amide bonds. The minimum absolute atomic E-state index is 0. The standard InChI is InChI=1S/C29H34N6O.ClH/c1-33-14-5-8-22(33)20-36-29-25(18-30)26-19-35(27-10-4-7-21-6-2-3-9-23(21)27)15-11-24(26)28(32-29)34-16-12-31-13-17-34;/h2-4,6-7,9-10,22,31H,5,8,11-17,19-20H2,1H3;1H. The highest BCUT2D eigenvalue weighted by atomic mass is 35.5. The predicted octanol–water partition coefficient (Wildman–Crippen LogP) is 3.97. The largest absolute Gasteiger partial charge is 0.475 e. The second-order valence-corrected chi connectivity index (χ2v) is 10.2. The normalized spacial score (nSPS) is 19.8. The van der Waals surface area contributed by atoms with Crippen molar-refractivity contribution in [3.8, 4) is 11.9 Å². The number of anilines is 2. The monoisotopic (exact) mass is 518 g/mol. The number of ether oxygens (including phenoxy) is 1. The number of halogens is 1. The number of hydrogen-bond donors (Lipinski definition) is 1. The van der Waals surface area contributed by atoms with Gasteiger partial charge in [-0.2, -0.15) is 10.2 Å². The maximum Gasteiger partial charge on any atom is 0.234 e. The number of likely N-dealkylation sites (N-methyl/N-ethyl adjacent to an activating group) is 1. The fourth-order valence-electron chi connectivity index (χ4n) is 6.00. The number of piperazine rings is 1. The van der Waals surface area contributed by atoms with Gasteiger partial charge < -0.3 is 24.8 Å². The second-order valence-electron chi connectivity index (χ2n) is 10.2. The van der Waals surface area contributed by atoms with Gasteiger partial charge in [0.1, 0.15) is 24.1 Å². The van der Waals surface area contributed by atoms with Gasteiger partial charge in [0, 0.05) is 67.5 Å². The van der Waals surface area contributed by atoms with E-state index in [1.54, 1.807) is 0 Å². The summed E-state index contributed by atoms with van der Waals surface area (Å²) in [5.74, 6) is 1.52. The number of aromatic nitrogens is 1. The van der Waals surface area contributed by atoms with E-state index in [2.05, 4.69) is 75.6 Å². The van der Waals surface area contributed by atoms with Gasteiger partial charge in [-0.3, -0.25) is 0 Å². The Labute approximate surface area is 225 Å². The number of fused-ring (bicyclic) bond motifs is 2. The van der Waals surface area contributed by atoms with E-state index >= 15 is 0 Å². The lowest BCUT2D eigenvalue weighted by atomic mass is 9.94. The first-order valence-corrected chi connectivity index (χ1v) is 13.2. The summed E-state index contributed by atoms with van der Waals surface area (Å²) >= 11 is 0. The molecule has 1 aromatic heterocycles. The predicted molar refractivity (Wildman–Crippen MR) is 151 cm³/mol. The van der Waals surface area contributed by atoms with Gasteiger partial charge in [0.2, 0.25) is 5.88 Å². The van der Waals surface area contributed by atoms with Crippen LogP contribution in [0.4, 0.5) is 11.5 Å². The molecule has 3 aliphatic rings. The van der Waals surface area contributed by atoms with E-state index in [0.29, 0.717) is 30.6 Å². The Balaban J connectivity index is 0.00000280. The van der Waals surface area contributed by atoms with Crippen molar-refractivity contribution in [2.75, 3.05) is 62.7 Å². The van der Waals surface area contributed by atoms with E-state index < -0.39 is 0 Å². The van der Waals surface area contributed by atoms with Crippen LogP contribution in [-0.2, 0) is 13.0 Å². The van der Waals surface area contributed by atoms with Gasteiger partial charge in [-0.25, -0.2) is 0 Å². The lowest BCUT2D eigenvalue weighted by Gasteiger charge is -2.36. The molecule has 1 N–H and O–H groups in total. The highest BCUT2D eigenvalue weighted by Gasteiger charge is 2.30. The molecular formula is C29H35ClN6O. The van der Waals surface area contributed by atoms with Crippen molar-refractivity contribution < 1.29 is 4.74 Å². The van der Waals surface area contributed by atoms with Crippen LogP contribution in [0.5, 0.6) is 5.88 Å². The zero-order valence-corrected chi connectivity index (χ0v) is 22.3. The van der Waals surface area contributed by atoms with E-state index in [1.807, 2.05) is 0 Å². The lowest BCUT2D eigenvalue weighted by molar-refractivity contribution is 0.193. The van der Waals surface area contributed by atoms with E-state index in [1.165, 1.54) is 28.4 Å². The summed E-state index contributed by atoms with van der Waals surface area (Å²) in [6, 6.07) is 17.9. The maximum atomic E-state index is 10.3. The first-order chi connectivity index (χ1) is 17.7. The Morgan fingerprint density at radius 1 is 1.03 bits per heavy atom. The quantitative estimate of drug-likeness (QED) is 0.548. The first kappa shape index (κ1) is 25.6. The third-order valence-corrected chi connectivity index (χ3v) is 8.06. The number of pyridine rings is 1. The zero-order chi connectivity index (χ0) is 24.5. The molecule has 6 rings (SSSR count). The van der Waals surface area contributed by atoms with E-state index in [4.69, 9.17) is 9.72 Å². The van der Waals surface area contributed by atoms with Crippen LogP contribution in [0.25, 0.3) is 10.8 Å². The second kappa shape index (κ2) is 11.1. The Morgan fingerprint density at radius 3 is 2.62 bits per heavy atom. The summed E-state index contributed by atoms with van der Waals surface area (Å²) in [7, 11) is 2.15. The molecule has 8 heteroatoms. The highest BCUT2D eigenvalue weighted by Crippen LogP contribution is 2.38. The van der Waals surface area contributed by atoms with Gasteiger partial charge in [-0.15, -0.1) is 12.4 Å². The van der Waals surface area contributed by atoms with Crippen molar-refractivity contribution in [2.45, 2.75) is 31.8 Å². The third kappa shape index (κ3) is 4.94. The number of nitrogens with zero attached hydrogens (tertiary/aromatic N) is 5. The van der Waals surface area contributed by atoms with Crippen LogP contribution in [0, 0.1) is 11.3 Å². The van der Waals surface area contributed by atoms with Crippen molar-refractivity contribution in [3.63, 3.8) is 0 Å². The first-order valence-electron chi connectivity index (χ1n) is 13.2. The molecule has 0 radical (unpaired) electrons. The summed E-state index contributed by atoms with van der Waals surface area (Å²) < 4.78 is 6.36. The number of hydrogen-bond acceptors (Lipinski definition) is 7. The molecule has 37 heavy (non-hydrogen) atoms. The van der Waals surface area contributed by atoms with Crippen LogP contribution in [0.15, 0.2) is 42.5 Å². The Bertz CT molecular complexity index is 1300. The van der Waals surface area contributed by atoms with Gasteiger partial charge in [-0.05, 0) is 44.3 Å². The topological polar surface area (TPSA) is 67.7 Å². The van der Waals surface area contributed by atoms with Gasteiger partial charge in [0.15, 0.2) is 0 Å². The average molecular weight is 519 g/mol. The third-order valence-electron chi connectivity index (χ3n) is 8.06. The van der Waals surface area contributed by atoms with Gasteiger partial charge in [0.25, 0.3) is 0 Å². The SMILES string of the molecule is CN1CCCC1COc1nc(N2CCNCC2)c2c(c1C#N)CN(c1cccc3ccccc13)CC2.Cl. The molecule has 7 nitrogen and oxygen atoms in total. The molecule has 0 bridgehead atoms. The minimum atomic E-state index is 0. The summed E-state index contributed by atoms with van der Waals surface area (Å²) in [6.07, 6.45) is 3.19. The summed E-state index contributed by atoms with van der Waals surface area (Å²) in [6.45, 7) is 7.00. The molecule has 2 aromatic carbocycles. The van der Waals surface area contributed by atoms with Crippen molar-refractivity contribution >= 4 is 34.7 Å². The number of likely N-dealkylation sites (tertiary alicyclic amines) is 1.